The molecule has 2 rings (SSSR count). The van der Waals surface area contributed by atoms with E-state index in [1.807, 2.05) is 20.8 Å². The maximum Gasteiger partial charge on any atom is 0.284 e. The lowest BCUT2D eigenvalue weighted by molar-refractivity contribution is -0.387. The van der Waals surface area contributed by atoms with Crippen LogP contribution in [0.15, 0.2) is 34.6 Å². The first-order valence-electron chi connectivity index (χ1n) is 6.80. The SMILES string of the molecule is Cn1cnnc1Sc1ccc(C(=O)NC(C)(C)C)cc1[N+](=O)[O-]. The highest BCUT2D eigenvalue weighted by atomic mass is 32.2. The molecule has 122 valence electrons. The van der Waals surface area contributed by atoms with Crippen molar-refractivity contribution in [2.75, 3.05) is 0 Å². The summed E-state index contributed by atoms with van der Waals surface area (Å²) in [6.45, 7) is 5.53. The standard InChI is InChI=1S/C14H17N5O3S/c1-14(2,3)16-12(20)9-5-6-11(10(7-9)19(21)22)23-13-17-15-8-18(13)4/h5-8H,1-4H3,(H,16,20). The van der Waals surface area contributed by atoms with Gasteiger partial charge < -0.3 is 9.88 Å². The lowest BCUT2D eigenvalue weighted by Crippen LogP contribution is -2.40. The van der Waals surface area contributed by atoms with Crippen LogP contribution in [0.3, 0.4) is 0 Å². The number of amides is 1. The molecule has 9 heteroatoms. The van der Waals surface area contributed by atoms with E-state index in [-0.39, 0.29) is 17.2 Å². The summed E-state index contributed by atoms with van der Waals surface area (Å²) in [4.78, 5) is 23.4. The van der Waals surface area contributed by atoms with Gasteiger partial charge in [-0.05, 0) is 44.7 Å². The number of nitrogens with one attached hydrogen (secondary N) is 1. The number of carbonyl (C=O) groups is 1. The first-order valence-corrected chi connectivity index (χ1v) is 7.62. The quantitative estimate of drug-likeness (QED) is 0.680. The molecule has 0 aliphatic carbocycles. The predicted molar refractivity (Wildman–Crippen MR) is 85.4 cm³/mol. The summed E-state index contributed by atoms with van der Waals surface area (Å²) in [5, 5.41) is 22.2. The Morgan fingerprint density at radius 1 is 1.39 bits per heavy atom. The summed E-state index contributed by atoms with van der Waals surface area (Å²) in [5.74, 6) is -0.351. The fourth-order valence-corrected chi connectivity index (χ4v) is 2.61. The highest BCUT2D eigenvalue weighted by Gasteiger charge is 2.22. The number of nitro groups is 1. The Morgan fingerprint density at radius 3 is 2.61 bits per heavy atom. The summed E-state index contributed by atoms with van der Waals surface area (Å²) in [6, 6.07) is 4.39. The van der Waals surface area contributed by atoms with E-state index >= 15 is 0 Å². The summed E-state index contributed by atoms with van der Waals surface area (Å²) in [6.07, 6.45) is 1.51. The van der Waals surface area contributed by atoms with E-state index in [0.717, 1.165) is 11.8 Å². The van der Waals surface area contributed by atoms with E-state index in [0.29, 0.717) is 10.1 Å². The van der Waals surface area contributed by atoms with Crippen molar-refractivity contribution in [3.63, 3.8) is 0 Å². The molecule has 1 N–H and O–H groups in total. The molecule has 0 aliphatic heterocycles. The Hall–Kier alpha value is -2.42. The number of nitro benzene ring substituents is 1. The van der Waals surface area contributed by atoms with Gasteiger partial charge in [0.1, 0.15) is 6.33 Å². The van der Waals surface area contributed by atoms with Crippen molar-refractivity contribution in [3.05, 3.63) is 40.2 Å². The van der Waals surface area contributed by atoms with Crippen molar-refractivity contribution in [1.29, 1.82) is 0 Å². The lowest BCUT2D eigenvalue weighted by Gasteiger charge is -2.20. The molecule has 0 fully saturated rings. The fraction of sp³-hybridized carbons (Fsp3) is 0.357. The maximum atomic E-state index is 12.2. The van der Waals surface area contributed by atoms with Crippen LogP contribution in [-0.2, 0) is 7.05 Å². The third kappa shape index (κ3) is 4.28. The monoisotopic (exact) mass is 335 g/mol. The van der Waals surface area contributed by atoms with Gasteiger partial charge in [0.2, 0.25) is 0 Å². The summed E-state index contributed by atoms with van der Waals surface area (Å²) in [5.41, 5.74) is -0.314. The molecule has 8 nitrogen and oxygen atoms in total. The number of nitrogens with zero attached hydrogens (tertiary/aromatic N) is 4. The van der Waals surface area contributed by atoms with Crippen LogP contribution in [0.2, 0.25) is 0 Å². The molecule has 0 atom stereocenters. The minimum atomic E-state index is -0.507. The van der Waals surface area contributed by atoms with E-state index in [1.54, 1.807) is 23.7 Å². The largest absolute Gasteiger partial charge is 0.347 e. The molecule has 0 aliphatic rings. The number of aryl methyl sites for hydroxylation is 1. The van der Waals surface area contributed by atoms with Crippen LogP contribution in [0.4, 0.5) is 5.69 Å². The number of carbonyl (C=O) groups excluding carboxylic acids is 1. The van der Waals surface area contributed by atoms with Crippen LogP contribution in [0, 0.1) is 10.1 Å². The van der Waals surface area contributed by atoms with Crippen molar-refractivity contribution >= 4 is 23.4 Å². The van der Waals surface area contributed by atoms with Crippen molar-refractivity contribution < 1.29 is 9.72 Å². The predicted octanol–water partition coefficient (Wildman–Crippen LogP) is 2.40. The highest BCUT2D eigenvalue weighted by molar-refractivity contribution is 7.99. The van der Waals surface area contributed by atoms with Gasteiger partial charge in [0, 0.05) is 24.2 Å². The second kappa shape index (κ2) is 6.37. The molecule has 1 heterocycles. The van der Waals surface area contributed by atoms with Gasteiger partial charge >= 0.3 is 0 Å². The molecule has 0 saturated heterocycles. The van der Waals surface area contributed by atoms with Crippen LogP contribution in [0.25, 0.3) is 0 Å². The summed E-state index contributed by atoms with van der Waals surface area (Å²) < 4.78 is 1.66. The van der Waals surface area contributed by atoms with E-state index in [4.69, 9.17) is 0 Å². The van der Waals surface area contributed by atoms with Crippen LogP contribution < -0.4 is 5.32 Å². The lowest BCUT2D eigenvalue weighted by atomic mass is 10.1. The summed E-state index contributed by atoms with van der Waals surface area (Å²) >= 11 is 1.13. The van der Waals surface area contributed by atoms with Gasteiger partial charge in [-0.15, -0.1) is 10.2 Å². The third-order valence-electron chi connectivity index (χ3n) is 2.78. The zero-order valence-corrected chi connectivity index (χ0v) is 14.0. The fourth-order valence-electron chi connectivity index (χ4n) is 1.76. The van der Waals surface area contributed by atoms with E-state index in [2.05, 4.69) is 15.5 Å². The molecule has 1 amide bonds. The topological polar surface area (TPSA) is 103 Å². The zero-order chi connectivity index (χ0) is 17.2. The van der Waals surface area contributed by atoms with Crippen molar-refractivity contribution in [1.82, 2.24) is 20.1 Å². The van der Waals surface area contributed by atoms with Gasteiger partial charge in [0.25, 0.3) is 11.6 Å². The van der Waals surface area contributed by atoms with E-state index in [9.17, 15) is 14.9 Å². The van der Waals surface area contributed by atoms with Crippen molar-refractivity contribution in [3.8, 4) is 0 Å². The molecule has 0 radical (unpaired) electrons. The first kappa shape index (κ1) is 16.9. The Bertz CT molecular complexity index is 751. The average molecular weight is 335 g/mol. The number of aromatic nitrogens is 3. The van der Waals surface area contributed by atoms with Gasteiger partial charge in [0.05, 0.1) is 9.82 Å². The van der Waals surface area contributed by atoms with Crippen LogP contribution in [0.5, 0.6) is 0 Å². The number of hydrogen-bond donors (Lipinski definition) is 1. The van der Waals surface area contributed by atoms with Gasteiger partial charge in [-0.2, -0.15) is 0 Å². The molecule has 1 aromatic heterocycles. The van der Waals surface area contributed by atoms with Crippen LogP contribution in [-0.4, -0.2) is 31.1 Å². The van der Waals surface area contributed by atoms with E-state index in [1.165, 1.54) is 12.4 Å². The third-order valence-corrected chi connectivity index (χ3v) is 3.89. The molecule has 0 bridgehead atoms. The molecule has 2 aromatic rings. The minimum absolute atomic E-state index is 0.139. The first-order chi connectivity index (χ1) is 10.7. The molecule has 23 heavy (non-hydrogen) atoms. The Morgan fingerprint density at radius 2 is 2.09 bits per heavy atom. The smallest absolute Gasteiger partial charge is 0.284 e. The van der Waals surface area contributed by atoms with Crippen molar-refractivity contribution in [2.24, 2.45) is 7.05 Å². The second-order valence-corrected chi connectivity index (χ2v) is 6.98. The Kier molecular flexibility index (Phi) is 4.69. The van der Waals surface area contributed by atoms with Gasteiger partial charge in [-0.1, -0.05) is 0 Å². The molecular weight excluding hydrogens is 318 g/mol. The molecule has 0 spiro atoms. The Balaban J connectivity index is 2.33. The van der Waals surface area contributed by atoms with Gasteiger partial charge in [-0.3, -0.25) is 14.9 Å². The maximum absolute atomic E-state index is 12.2. The normalized spacial score (nSPS) is 11.3. The van der Waals surface area contributed by atoms with Gasteiger partial charge in [-0.25, -0.2) is 0 Å². The van der Waals surface area contributed by atoms with Crippen LogP contribution in [0.1, 0.15) is 31.1 Å². The van der Waals surface area contributed by atoms with E-state index < -0.39 is 10.5 Å². The van der Waals surface area contributed by atoms with Gasteiger partial charge in [0.15, 0.2) is 5.16 Å². The number of hydrogen-bond acceptors (Lipinski definition) is 6. The zero-order valence-electron chi connectivity index (χ0n) is 13.2. The van der Waals surface area contributed by atoms with Crippen LogP contribution >= 0.6 is 11.8 Å². The molecular formula is C14H17N5O3S. The van der Waals surface area contributed by atoms with Crippen molar-refractivity contribution in [2.45, 2.75) is 36.4 Å². The minimum Gasteiger partial charge on any atom is -0.347 e. The summed E-state index contributed by atoms with van der Waals surface area (Å²) in [7, 11) is 1.75. The number of benzene rings is 1. The Labute approximate surface area is 137 Å². The molecule has 1 aromatic carbocycles. The average Bonchev–Trinajstić information content (AvgIpc) is 2.82. The highest BCUT2D eigenvalue weighted by Crippen LogP contribution is 2.34. The molecule has 0 saturated carbocycles. The number of rotatable bonds is 4. The molecule has 0 unspecified atom stereocenters. The second-order valence-electron chi connectivity index (χ2n) is 5.97.